The average Bonchev–Trinajstić information content (AvgIpc) is 3.30. The van der Waals surface area contributed by atoms with E-state index in [0.717, 1.165) is 57.9 Å². The SMILES string of the molecule is O=C(CCc1cc(=O)[nH]o1)N1CCCC12CCCN(C1CCC(O)CC1)C2=O. The van der Waals surface area contributed by atoms with Gasteiger partial charge in [0.25, 0.3) is 5.56 Å². The number of piperidine rings is 1. The molecule has 1 spiro atoms. The van der Waals surface area contributed by atoms with Gasteiger partial charge >= 0.3 is 0 Å². The highest BCUT2D eigenvalue weighted by Gasteiger charge is 2.53. The third-order valence-corrected chi connectivity index (χ3v) is 6.71. The molecule has 0 radical (unpaired) electrons. The van der Waals surface area contributed by atoms with Crippen LogP contribution in [-0.2, 0) is 16.0 Å². The lowest BCUT2D eigenvalue weighted by Gasteiger charge is -2.48. The summed E-state index contributed by atoms with van der Waals surface area (Å²) in [7, 11) is 0. The van der Waals surface area contributed by atoms with Crippen LogP contribution in [0.25, 0.3) is 0 Å². The molecule has 3 aliphatic rings. The molecule has 4 rings (SSSR count). The summed E-state index contributed by atoms with van der Waals surface area (Å²) >= 11 is 0. The molecular formula is C20H29N3O5. The summed E-state index contributed by atoms with van der Waals surface area (Å²) in [5, 5.41) is 12.0. The molecule has 2 saturated heterocycles. The van der Waals surface area contributed by atoms with Crippen molar-refractivity contribution in [2.75, 3.05) is 13.1 Å². The molecule has 2 N–H and O–H groups in total. The van der Waals surface area contributed by atoms with Crippen LogP contribution in [0.4, 0.5) is 0 Å². The fourth-order valence-corrected chi connectivity index (χ4v) is 5.27. The molecule has 2 aliphatic heterocycles. The van der Waals surface area contributed by atoms with Crippen molar-refractivity contribution in [3.8, 4) is 0 Å². The molecular weight excluding hydrogens is 362 g/mol. The Morgan fingerprint density at radius 3 is 2.57 bits per heavy atom. The van der Waals surface area contributed by atoms with Gasteiger partial charge in [-0.3, -0.25) is 14.4 Å². The molecule has 1 aliphatic carbocycles. The Labute approximate surface area is 163 Å². The fraction of sp³-hybridized carbons (Fsp3) is 0.750. The van der Waals surface area contributed by atoms with Gasteiger partial charge in [0.1, 0.15) is 11.3 Å². The Kier molecular flexibility index (Phi) is 5.31. The minimum atomic E-state index is -0.704. The lowest BCUT2D eigenvalue weighted by Crippen LogP contribution is -2.63. The molecule has 1 atom stereocenters. The molecule has 28 heavy (non-hydrogen) atoms. The van der Waals surface area contributed by atoms with Gasteiger partial charge in [0.15, 0.2) is 0 Å². The number of amides is 2. The van der Waals surface area contributed by atoms with E-state index < -0.39 is 5.54 Å². The van der Waals surface area contributed by atoms with Crippen molar-refractivity contribution in [1.29, 1.82) is 0 Å². The third kappa shape index (κ3) is 3.50. The van der Waals surface area contributed by atoms with E-state index in [1.807, 2.05) is 4.90 Å². The van der Waals surface area contributed by atoms with Crippen molar-refractivity contribution in [2.24, 2.45) is 0 Å². The summed E-state index contributed by atoms with van der Waals surface area (Å²) < 4.78 is 5.04. The number of rotatable bonds is 4. The number of aromatic nitrogens is 1. The number of nitrogens with zero attached hydrogens (tertiary/aromatic N) is 2. The monoisotopic (exact) mass is 391 g/mol. The van der Waals surface area contributed by atoms with Gasteiger partial charge in [0.2, 0.25) is 11.8 Å². The number of aliphatic hydroxyl groups excluding tert-OH is 1. The zero-order valence-electron chi connectivity index (χ0n) is 16.2. The standard InChI is InChI=1S/C20H29N3O5/c24-15-5-3-14(4-6-15)22-11-1-9-20(19(22)27)10-2-12-23(20)18(26)8-7-16-13-17(25)21-28-16/h13-15,24H,1-12H2,(H,21,25). The lowest BCUT2D eigenvalue weighted by molar-refractivity contribution is -0.158. The maximum absolute atomic E-state index is 13.5. The zero-order valence-corrected chi connectivity index (χ0v) is 16.2. The highest BCUT2D eigenvalue weighted by molar-refractivity contribution is 5.93. The number of H-pyrrole nitrogens is 1. The van der Waals surface area contributed by atoms with Crippen LogP contribution in [0.3, 0.4) is 0 Å². The molecule has 2 amide bonds. The number of aryl methyl sites for hydroxylation is 1. The number of hydrogen-bond donors (Lipinski definition) is 2. The van der Waals surface area contributed by atoms with Crippen LogP contribution in [0.2, 0.25) is 0 Å². The number of aromatic amines is 1. The van der Waals surface area contributed by atoms with Crippen LogP contribution < -0.4 is 5.56 Å². The third-order valence-electron chi connectivity index (χ3n) is 6.71. The Bertz CT molecular complexity index is 779. The van der Waals surface area contributed by atoms with E-state index in [2.05, 4.69) is 5.16 Å². The first-order valence-electron chi connectivity index (χ1n) is 10.5. The number of carbonyl (C=O) groups excluding carboxylic acids is 2. The topological polar surface area (TPSA) is 107 Å². The largest absolute Gasteiger partial charge is 0.393 e. The first-order chi connectivity index (χ1) is 13.5. The second kappa shape index (κ2) is 7.73. The predicted octanol–water partition coefficient (Wildman–Crippen LogP) is 1.19. The molecule has 154 valence electrons. The minimum absolute atomic E-state index is 0.0457. The summed E-state index contributed by atoms with van der Waals surface area (Å²) in [6.45, 7) is 1.36. The quantitative estimate of drug-likeness (QED) is 0.802. The smallest absolute Gasteiger partial charge is 0.280 e. The van der Waals surface area contributed by atoms with Crippen molar-refractivity contribution in [2.45, 2.75) is 81.9 Å². The first-order valence-corrected chi connectivity index (χ1v) is 10.5. The van der Waals surface area contributed by atoms with Crippen molar-refractivity contribution in [3.05, 3.63) is 22.2 Å². The van der Waals surface area contributed by atoms with E-state index in [1.54, 1.807) is 4.90 Å². The average molecular weight is 391 g/mol. The molecule has 1 aromatic heterocycles. The van der Waals surface area contributed by atoms with Crippen LogP contribution in [0.5, 0.6) is 0 Å². The number of nitrogens with one attached hydrogen (secondary N) is 1. The van der Waals surface area contributed by atoms with Crippen LogP contribution >= 0.6 is 0 Å². The Hall–Kier alpha value is -2.09. The summed E-state index contributed by atoms with van der Waals surface area (Å²) in [5.74, 6) is 0.513. The summed E-state index contributed by atoms with van der Waals surface area (Å²) in [6, 6.07) is 1.54. The van der Waals surface area contributed by atoms with Crippen molar-refractivity contribution < 1.29 is 19.2 Å². The van der Waals surface area contributed by atoms with Crippen LogP contribution in [-0.4, -0.2) is 62.7 Å². The number of carbonyl (C=O) groups is 2. The first kappa shape index (κ1) is 19.2. The normalized spacial score (nSPS) is 31.0. The van der Waals surface area contributed by atoms with Gasteiger partial charge in [-0.25, -0.2) is 0 Å². The number of likely N-dealkylation sites (tertiary alicyclic amines) is 2. The van der Waals surface area contributed by atoms with Gasteiger partial charge in [0.05, 0.1) is 6.10 Å². The van der Waals surface area contributed by atoms with E-state index in [1.165, 1.54) is 6.07 Å². The van der Waals surface area contributed by atoms with Crippen molar-refractivity contribution in [1.82, 2.24) is 15.0 Å². The lowest BCUT2D eigenvalue weighted by atomic mass is 9.82. The second-order valence-corrected chi connectivity index (χ2v) is 8.42. The van der Waals surface area contributed by atoms with Gasteiger partial charge in [0, 0.05) is 38.0 Å². The minimum Gasteiger partial charge on any atom is -0.393 e. The van der Waals surface area contributed by atoms with Crippen molar-refractivity contribution >= 4 is 11.8 Å². The van der Waals surface area contributed by atoms with Crippen LogP contribution in [0.1, 0.15) is 63.5 Å². The van der Waals surface area contributed by atoms with Crippen LogP contribution in [0.15, 0.2) is 15.4 Å². The van der Waals surface area contributed by atoms with E-state index in [9.17, 15) is 19.5 Å². The molecule has 1 unspecified atom stereocenters. The van der Waals surface area contributed by atoms with E-state index in [4.69, 9.17) is 4.52 Å². The van der Waals surface area contributed by atoms with Crippen LogP contribution in [0, 0.1) is 0 Å². The van der Waals surface area contributed by atoms with Crippen molar-refractivity contribution in [3.63, 3.8) is 0 Å². The molecule has 8 nitrogen and oxygen atoms in total. The summed E-state index contributed by atoms with van der Waals surface area (Å²) in [6.07, 6.45) is 6.68. The van der Waals surface area contributed by atoms with Gasteiger partial charge in [-0.2, -0.15) is 5.16 Å². The molecule has 3 fully saturated rings. The Morgan fingerprint density at radius 1 is 1.18 bits per heavy atom. The summed E-state index contributed by atoms with van der Waals surface area (Å²) in [5.41, 5.74) is -1.01. The molecule has 0 aromatic carbocycles. The number of hydrogen-bond acceptors (Lipinski definition) is 5. The second-order valence-electron chi connectivity index (χ2n) is 8.42. The highest BCUT2D eigenvalue weighted by Crippen LogP contribution is 2.40. The molecule has 1 saturated carbocycles. The highest BCUT2D eigenvalue weighted by atomic mass is 16.5. The van der Waals surface area contributed by atoms with E-state index in [0.29, 0.717) is 18.7 Å². The molecule has 1 aromatic rings. The maximum atomic E-state index is 13.5. The fourth-order valence-electron chi connectivity index (χ4n) is 5.27. The van der Waals surface area contributed by atoms with Gasteiger partial charge in [-0.1, -0.05) is 0 Å². The van der Waals surface area contributed by atoms with E-state index >= 15 is 0 Å². The van der Waals surface area contributed by atoms with Gasteiger partial charge in [-0.05, 0) is 51.4 Å². The molecule has 3 heterocycles. The van der Waals surface area contributed by atoms with Gasteiger partial charge in [-0.15, -0.1) is 0 Å². The maximum Gasteiger partial charge on any atom is 0.280 e. The number of aliphatic hydroxyl groups is 1. The Balaban J connectivity index is 1.46. The summed E-state index contributed by atoms with van der Waals surface area (Å²) in [4.78, 5) is 41.5. The van der Waals surface area contributed by atoms with Gasteiger partial charge < -0.3 is 19.4 Å². The predicted molar refractivity (Wildman–Crippen MR) is 101 cm³/mol. The Morgan fingerprint density at radius 2 is 1.89 bits per heavy atom. The van der Waals surface area contributed by atoms with E-state index in [-0.39, 0.29) is 35.9 Å². The zero-order chi connectivity index (χ0) is 19.7. The molecule has 8 heteroatoms. The molecule has 0 bridgehead atoms.